The normalized spacial score (nSPS) is 18.5. The molecule has 2 heterocycles. The summed E-state index contributed by atoms with van der Waals surface area (Å²) in [5.74, 6) is -5.90. The third-order valence-electron chi connectivity index (χ3n) is 5.79. The van der Waals surface area contributed by atoms with Gasteiger partial charge in [-0.2, -0.15) is 0 Å². The zero-order chi connectivity index (χ0) is 22.3. The number of amides is 2. The number of hydrogen-bond acceptors (Lipinski definition) is 3. The maximum atomic E-state index is 13.4. The van der Waals surface area contributed by atoms with Crippen LogP contribution in [0.15, 0.2) is 36.4 Å². The van der Waals surface area contributed by atoms with Gasteiger partial charge in [0.05, 0.1) is 12.5 Å². The smallest absolute Gasteiger partial charge is 0.270 e. The number of aliphatic hydroxyl groups is 1. The molecule has 162 valence electrons. The van der Waals surface area contributed by atoms with Gasteiger partial charge in [0.2, 0.25) is 5.91 Å². The van der Waals surface area contributed by atoms with Crippen LogP contribution in [0.2, 0.25) is 0 Å². The number of halogens is 3. The number of anilines is 1. The Morgan fingerprint density at radius 3 is 2.55 bits per heavy atom. The van der Waals surface area contributed by atoms with Gasteiger partial charge in [0.25, 0.3) is 5.91 Å². The number of nitrogens with zero attached hydrogens (tertiary/aromatic N) is 1. The molecule has 4 rings (SSSR count). The van der Waals surface area contributed by atoms with Crippen LogP contribution in [-0.4, -0.2) is 39.4 Å². The maximum absolute atomic E-state index is 13.4. The Morgan fingerprint density at radius 2 is 1.87 bits per heavy atom. The lowest BCUT2D eigenvalue weighted by Gasteiger charge is -2.24. The van der Waals surface area contributed by atoms with Crippen molar-refractivity contribution in [3.63, 3.8) is 0 Å². The Hall–Kier alpha value is -3.33. The minimum atomic E-state index is -1.61. The molecule has 1 aliphatic heterocycles. The molecule has 31 heavy (non-hydrogen) atoms. The number of fused-ring (bicyclic) bond motifs is 1. The van der Waals surface area contributed by atoms with Crippen molar-refractivity contribution in [1.82, 2.24) is 9.88 Å². The predicted octanol–water partition coefficient (Wildman–Crippen LogP) is 3.57. The molecule has 0 radical (unpaired) electrons. The van der Waals surface area contributed by atoms with Gasteiger partial charge in [-0.15, -0.1) is 0 Å². The molecule has 2 atom stereocenters. The first-order valence-electron chi connectivity index (χ1n) is 9.78. The molecule has 9 heteroatoms. The second-order valence-electron chi connectivity index (χ2n) is 7.56. The standard InChI is InChI=1S/C22H20F3N3O3/c1-11-13(21(30)26-12-8-16(23)19(25)17(24)9-12)6-7-28(11)22(31)20-15(10-29)14-4-2-3-5-18(14)27-20/h2-5,8-9,11,13,27,29H,6-7,10H2,1H3,(H,26,30)/t11-,13-/m0/s1. The number of H-pyrrole nitrogens is 1. The van der Waals surface area contributed by atoms with Gasteiger partial charge in [0.1, 0.15) is 5.69 Å². The molecule has 1 saturated heterocycles. The molecule has 1 fully saturated rings. The highest BCUT2D eigenvalue weighted by molar-refractivity contribution is 6.02. The average Bonchev–Trinajstić information content (AvgIpc) is 3.31. The second-order valence-corrected chi connectivity index (χ2v) is 7.56. The molecule has 0 saturated carbocycles. The summed E-state index contributed by atoms with van der Waals surface area (Å²) in [6.45, 7) is 1.69. The van der Waals surface area contributed by atoms with E-state index in [1.165, 1.54) is 4.90 Å². The molecule has 0 bridgehead atoms. The molecule has 0 aliphatic carbocycles. The van der Waals surface area contributed by atoms with Crippen molar-refractivity contribution >= 4 is 28.4 Å². The number of aliphatic hydroxyl groups excluding tert-OH is 1. The molecule has 3 N–H and O–H groups in total. The lowest BCUT2D eigenvalue weighted by Crippen LogP contribution is -2.39. The molecule has 6 nitrogen and oxygen atoms in total. The van der Waals surface area contributed by atoms with Crippen LogP contribution in [0.5, 0.6) is 0 Å². The van der Waals surface area contributed by atoms with Gasteiger partial charge in [-0.25, -0.2) is 13.2 Å². The number of aromatic nitrogens is 1. The Kier molecular flexibility index (Phi) is 5.45. The number of rotatable bonds is 4. The number of carbonyl (C=O) groups is 2. The predicted molar refractivity (Wildman–Crippen MR) is 108 cm³/mol. The molecule has 1 aliphatic rings. The topological polar surface area (TPSA) is 85.4 Å². The zero-order valence-corrected chi connectivity index (χ0v) is 16.6. The number of benzene rings is 2. The van der Waals surface area contributed by atoms with Crippen LogP contribution in [-0.2, 0) is 11.4 Å². The van der Waals surface area contributed by atoms with Gasteiger partial charge in [-0.1, -0.05) is 18.2 Å². The van der Waals surface area contributed by atoms with Gasteiger partial charge in [0.15, 0.2) is 17.5 Å². The SMILES string of the molecule is C[C@H]1[C@@H](C(=O)Nc2cc(F)c(F)c(F)c2)CCN1C(=O)c1[nH]c2ccccc2c1CO. The van der Waals surface area contributed by atoms with E-state index in [-0.39, 0.29) is 23.9 Å². The van der Waals surface area contributed by atoms with Crippen LogP contribution in [0.25, 0.3) is 10.9 Å². The van der Waals surface area contributed by atoms with Gasteiger partial charge in [-0.05, 0) is 19.4 Å². The maximum Gasteiger partial charge on any atom is 0.270 e. The van der Waals surface area contributed by atoms with E-state index in [1.54, 1.807) is 19.1 Å². The number of para-hydroxylation sites is 1. The van der Waals surface area contributed by atoms with Crippen LogP contribution in [0.3, 0.4) is 0 Å². The number of carbonyl (C=O) groups excluding carboxylic acids is 2. The summed E-state index contributed by atoms with van der Waals surface area (Å²) in [7, 11) is 0. The number of likely N-dealkylation sites (tertiary alicyclic amines) is 1. The van der Waals surface area contributed by atoms with Crippen molar-refractivity contribution in [2.45, 2.75) is 26.0 Å². The van der Waals surface area contributed by atoms with E-state index in [0.29, 0.717) is 30.7 Å². The van der Waals surface area contributed by atoms with Crippen LogP contribution in [0.4, 0.5) is 18.9 Å². The van der Waals surface area contributed by atoms with E-state index in [2.05, 4.69) is 10.3 Å². The van der Waals surface area contributed by atoms with E-state index in [9.17, 15) is 27.9 Å². The van der Waals surface area contributed by atoms with Crippen molar-refractivity contribution in [1.29, 1.82) is 0 Å². The van der Waals surface area contributed by atoms with Gasteiger partial charge in [0, 0.05) is 46.9 Å². The van der Waals surface area contributed by atoms with E-state index >= 15 is 0 Å². The monoisotopic (exact) mass is 431 g/mol. The lowest BCUT2D eigenvalue weighted by molar-refractivity contribution is -0.120. The third kappa shape index (κ3) is 3.65. The Balaban J connectivity index is 1.53. The van der Waals surface area contributed by atoms with E-state index in [1.807, 2.05) is 12.1 Å². The summed E-state index contributed by atoms with van der Waals surface area (Å²) in [6.07, 6.45) is 0.347. The summed E-state index contributed by atoms with van der Waals surface area (Å²) in [4.78, 5) is 30.4. The quantitative estimate of drug-likeness (QED) is 0.552. The Bertz CT molecular complexity index is 1150. The van der Waals surface area contributed by atoms with Crippen molar-refractivity contribution < 1.29 is 27.9 Å². The summed E-state index contributed by atoms with van der Waals surface area (Å²) in [5, 5.41) is 12.9. The van der Waals surface area contributed by atoms with Crippen LogP contribution < -0.4 is 5.32 Å². The summed E-state index contributed by atoms with van der Waals surface area (Å²) < 4.78 is 40.0. The molecule has 0 spiro atoms. The van der Waals surface area contributed by atoms with E-state index in [0.717, 1.165) is 10.9 Å². The van der Waals surface area contributed by atoms with Gasteiger partial charge in [-0.3, -0.25) is 9.59 Å². The number of aromatic amines is 1. The highest BCUT2D eigenvalue weighted by Crippen LogP contribution is 2.30. The molecule has 3 aromatic rings. The van der Waals surface area contributed by atoms with Crippen LogP contribution in [0, 0.1) is 23.4 Å². The van der Waals surface area contributed by atoms with Crippen molar-refractivity contribution in [2.24, 2.45) is 5.92 Å². The van der Waals surface area contributed by atoms with Crippen molar-refractivity contribution in [3.8, 4) is 0 Å². The highest BCUT2D eigenvalue weighted by atomic mass is 19.2. The van der Waals surface area contributed by atoms with E-state index < -0.39 is 35.3 Å². The minimum absolute atomic E-state index is 0.198. The fourth-order valence-corrected chi connectivity index (χ4v) is 4.13. The van der Waals surface area contributed by atoms with Crippen LogP contribution in [0.1, 0.15) is 29.4 Å². The third-order valence-corrected chi connectivity index (χ3v) is 5.79. The number of hydrogen-bond donors (Lipinski definition) is 3. The highest BCUT2D eigenvalue weighted by Gasteiger charge is 2.39. The van der Waals surface area contributed by atoms with Crippen molar-refractivity contribution in [3.05, 3.63) is 65.1 Å². The summed E-state index contributed by atoms with van der Waals surface area (Å²) in [6, 6.07) is 8.14. The van der Waals surface area contributed by atoms with Gasteiger partial charge >= 0.3 is 0 Å². The zero-order valence-electron chi connectivity index (χ0n) is 16.6. The number of nitrogens with one attached hydrogen (secondary N) is 2. The largest absolute Gasteiger partial charge is 0.392 e. The lowest BCUT2D eigenvalue weighted by atomic mass is 10.0. The minimum Gasteiger partial charge on any atom is -0.392 e. The van der Waals surface area contributed by atoms with E-state index in [4.69, 9.17) is 0 Å². The molecule has 0 unspecified atom stereocenters. The summed E-state index contributed by atoms with van der Waals surface area (Å²) >= 11 is 0. The van der Waals surface area contributed by atoms with Crippen LogP contribution >= 0.6 is 0 Å². The molecule has 2 amide bonds. The molecule has 2 aromatic carbocycles. The fraction of sp³-hybridized carbons (Fsp3) is 0.273. The molecular weight excluding hydrogens is 411 g/mol. The molecular formula is C22H20F3N3O3. The first-order valence-corrected chi connectivity index (χ1v) is 9.78. The Morgan fingerprint density at radius 1 is 1.19 bits per heavy atom. The van der Waals surface area contributed by atoms with Gasteiger partial charge < -0.3 is 20.3 Å². The summed E-state index contributed by atoms with van der Waals surface area (Å²) in [5.41, 5.74) is 1.27. The average molecular weight is 431 g/mol. The Labute approximate surface area is 175 Å². The fourth-order valence-electron chi connectivity index (χ4n) is 4.13. The van der Waals surface area contributed by atoms with Crippen molar-refractivity contribution in [2.75, 3.05) is 11.9 Å². The second kappa shape index (κ2) is 8.07. The molecule has 1 aromatic heterocycles. The first kappa shape index (κ1) is 20.9. The first-order chi connectivity index (χ1) is 14.8.